The molecular weight excluding hydrogens is 250 g/mol. The second-order valence-electron chi connectivity index (χ2n) is 4.56. The average Bonchev–Trinajstić information content (AvgIpc) is 2.50. The van der Waals surface area contributed by atoms with Crippen molar-refractivity contribution >= 4 is 11.6 Å². The van der Waals surface area contributed by atoms with Crippen LogP contribution < -0.4 is 10.1 Å². The number of methoxy groups -OCH3 is 1. The van der Waals surface area contributed by atoms with Crippen molar-refractivity contribution in [3.05, 3.63) is 59.7 Å². The molecule has 0 aliphatic heterocycles. The van der Waals surface area contributed by atoms with Crippen LogP contribution in [0.1, 0.15) is 29.3 Å². The molecule has 0 unspecified atom stereocenters. The van der Waals surface area contributed by atoms with Crippen LogP contribution in [0.4, 0.5) is 5.69 Å². The van der Waals surface area contributed by atoms with Gasteiger partial charge in [0.25, 0.3) is 5.91 Å². The third-order valence-electron chi connectivity index (χ3n) is 3.14. The van der Waals surface area contributed by atoms with Crippen LogP contribution in [0.5, 0.6) is 5.75 Å². The minimum absolute atomic E-state index is 0.101. The molecule has 1 amide bonds. The summed E-state index contributed by atoms with van der Waals surface area (Å²) in [6.07, 6.45) is 1.86. The van der Waals surface area contributed by atoms with E-state index >= 15 is 0 Å². The van der Waals surface area contributed by atoms with Crippen LogP contribution in [-0.2, 0) is 6.42 Å². The van der Waals surface area contributed by atoms with E-state index in [9.17, 15) is 4.79 Å². The van der Waals surface area contributed by atoms with Crippen molar-refractivity contribution in [3.8, 4) is 5.75 Å². The van der Waals surface area contributed by atoms with Gasteiger partial charge < -0.3 is 10.1 Å². The summed E-state index contributed by atoms with van der Waals surface area (Å²) in [4.78, 5) is 12.2. The Labute approximate surface area is 119 Å². The zero-order valence-electron chi connectivity index (χ0n) is 11.8. The number of amides is 1. The molecule has 2 aromatic carbocycles. The fourth-order valence-electron chi connectivity index (χ4n) is 2.17. The molecule has 0 radical (unpaired) electrons. The fraction of sp³-hybridized carbons (Fsp3) is 0.235. The van der Waals surface area contributed by atoms with Gasteiger partial charge in [0.15, 0.2) is 0 Å². The molecule has 0 aromatic heterocycles. The predicted molar refractivity (Wildman–Crippen MR) is 81.4 cm³/mol. The quantitative estimate of drug-likeness (QED) is 0.894. The van der Waals surface area contributed by atoms with Crippen molar-refractivity contribution in [2.24, 2.45) is 0 Å². The van der Waals surface area contributed by atoms with Crippen LogP contribution in [0.2, 0.25) is 0 Å². The zero-order valence-corrected chi connectivity index (χ0v) is 11.8. The highest BCUT2D eigenvalue weighted by atomic mass is 16.5. The fourth-order valence-corrected chi connectivity index (χ4v) is 2.17. The second kappa shape index (κ2) is 6.75. The number of hydrogen-bond acceptors (Lipinski definition) is 2. The number of rotatable bonds is 5. The largest absolute Gasteiger partial charge is 0.496 e. The molecule has 0 heterocycles. The van der Waals surface area contributed by atoms with E-state index in [1.54, 1.807) is 19.2 Å². The number of ether oxygens (including phenoxy) is 1. The molecule has 0 atom stereocenters. The van der Waals surface area contributed by atoms with Gasteiger partial charge in [0.1, 0.15) is 5.75 Å². The van der Waals surface area contributed by atoms with Gasteiger partial charge in [-0.1, -0.05) is 37.6 Å². The second-order valence-corrected chi connectivity index (χ2v) is 4.56. The lowest BCUT2D eigenvalue weighted by Gasteiger charge is -2.14. The molecule has 0 saturated carbocycles. The molecule has 3 nitrogen and oxygen atoms in total. The summed E-state index contributed by atoms with van der Waals surface area (Å²) in [5, 5.41) is 2.97. The van der Waals surface area contributed by atoms with Crippen LogP contribution in [0, 0.1) is 0 Å². The van der Waals surface area contributed by atoms with Crippen molar-refractivity contribution in [1.82, 2.24) is 0 Å². The molecule has 0 saturated heterocycles. The first-order valence-electron chi connectivity index (χ1n) is 6.78. The highest BCUT2D eigenvalue weighted by Crippen LogP contribution is 2.28. The van der Waals surface area contributed by atoms with Gasteiger partial charge in [0.05, 0.1) is 7.11 Å². The Morgan fingerprint density at radius 2 is 1.85 bits per heavy atom. The van der Waals surface area contributed by atoms with E-state index in [1.165, 1.54) is 0 Å². The Balaban J connectivity index is 2.27. The van der Waals surface area contributed by atoms with Gasteiger partial charge in [0, 0.05) is 16.8 Å². The Morgan fingerprint density at radius 1 is 1.10 bits per heavy atom. The maximum absolute atomic E-state index is 12.2. The molecule has 0 aliphatic rings. The minimum Gasteiger partial charge on any atom is -0.496 e. The van der Waals surface area contributed by atoms with E-state index in [2.05, 4.69) is 12.2 Å². The lowest BCUT2D eigenvalue weighted by Crippen LogP contribution is -2.13. The van der Waals surface area contributed by atoms with E-state index in [0.717, 1.165) is 29.8 Å². The van der Waals surface area contributed by atoms with Crippen molar-refractivity contribution in [1.29, 1.82) is 0 Å². The summed E-state index contributed by atoms with van der Waals surface area (Å²) in [6.45, 7) is 2.11. The highest BCUT2D eigenvalue weighted by Gasteiger charge is 2.11. The smallest absolute Gasteiger partial charge is 0.255 e. The summed E-state index contributed by atoms with van der Waals surface area (Å²) < 4.78 is 5.37. The molecular formula is C17H19NO2. The summed E-state index contributed by atoms with van der Waals surface area (Å²) in [7, 11) is 1.65. The molecule has 0 spiro atoms. The Morgan fingerprint density at radius 3 is 2.50 bits per heavy atom. The minimum atomic E-state index is -0.101. The summed E-state index contributed by atoms with van der Waals surface area (Å²) in [6, 6.07) is 14.9. The first-order chi connectivity index (χ1) is 9.76. The van der Waals surface area contributed by atoms with Crippen molar-refractivity contribution < 1.29 is 9.53 Å². The van der Waals surface area contributed by atoms with E-state index in [-0.39, 0.29) is 5.91 Å². The number of carbonyl (C=O) groups is 1. The third kappa shape index (κ3) is 3.18. The van der Waals surface area contributed by atoms with Gasteiger partial charge in [-0.05, 0) is 30.7 Å². The number of carbonyl (C=O) groups excluding carboxylic acids is 1. The first-order valence-corrected chi connectivity index (χ1v) is 6.78. The van der Waals surface area contributed by atoms with E-state index in [0.29, 0.717) is 5.56 Å². The molecule has 0 bridgehead atoms. The normalized spacial score (nSPS) is 10.1. The maximum atomic E-state index is 12.2. The SMILES string of the molecule is CCCc1c(NC(=O)c2ccccc2)cccc1OC. The molecule has 3 heteroatoms. The third-order valence-corrected chi connectivity index (χ3v) is 3.14. The summed E-state index contributed by atoms with van der Waals surface area (Å²) in [5.74, 6) is 0.717. The standard InChI is InChI=1S/C17H19NO2/c1-3-8-14-15(11-7-12-16(14)20-2)18-17(19)13-9-5-4-6-10-13/h4-7,9-12H,3,8H2,1-2H3,(H,18,19). The van der Waals surface area contributed by atoms with Gasteiger partial charge in [-0.25, -0.2) is 0 Å². The topological polar surface area (TPSA) is 38.3 Å². The average molecular weight is 269 g/mol. The zero-order chi connectivity index (χ0) is 14.4. The molecule has 2 rings (SSSR count). The number of nitrogens with one attached hydrogen (secondary N) is 1. The Kier molecular flexibility index (Phi) is 4.77. The maximum Gasteiger partial charge on any atom is 0.255 e. The van der Waals surface area contributed by atoms with E-state index in [1.807, 2.05) is 36.4 Å². The Hall–Kier alpha value is -2.29. The van der Waals surface area contributed by atoms with E-state index < -0.39 is 0 Å². The number of anilines is 1. The van der Waals surface area contributed by atoms with Crippen LogP contribution in [0.15, 0.2) is 48.5 Å². The molecule has 0 fully saturated rings. The van der Waals surface area contributed by atoms with Crippen molar-refractivity contribution in [2.75, 3.05) is 12.4 Å². The van der Waals surface area contributed by atoms with Crippen LogP contribution in [-0.4, -0.2) is 13.0 Å². The van der Waals surface area contributed by atoms with Gasteiger partial charge >= 0.3 is 0 Å². The van der Waals surface area contributed by atoms with Gasteiger partial charge in [-0.3, -0.25) is 4.79 Å². The first kappa shape index (κ1) is 14.1. The molecule has 1 N–H and O–H groups in total. The van der Waals surface area contributed by atoms with E-state index in [4.69, 9.17) is 4.74 Å². The molecule has 2 aromatic rings. The summed E-state index contributed by atoms with van der Waals surface area (Å²) >= 11 is 0. The Bertz CT molecular complexity index is 579. The lowest BCUT2D eigenvalue weighted by atomic mass is 10.1. The number of hydrogen-bond donors (Lipinski definition) is 1. The van der Waals surface area contributed by atoms with Crippen molar-refractivity contribution in [3.63, 3.8) is 0 Å². The monoisotopic (exact) mass is 269 g/mol. The van der Waals surface area contributed by atoms with Crippen LogP contribution in [0.3, 0.4) is 0 Å². The van der Waals surface area contributed by atoms with Gasteiger partial charge in [0.2, 0.25) is 0 Å². The number of benzene rings is 2. The molecule has 104 valence electrons. The highest BCUT2D eigenvalue weighted by molar-refractivity contribution is 6.04. The van der Waals surface area contributed by atoms with Gasteiger partial charge in [-0.2, -0.15) is 0 Å². The van der Waals surface area contributed by atoms with Crippen LogP contribution in [0.25, 0.3) is 0 Å². The molecule has 0 aliphatic carbocycles. The van der Waals surface area contributed by atoms with Crippen molar-refractivity contribution in [2.45, 2.75) is 19.8 Å². The predicted octanol–water partition coefficient (Wildman–Crippen LogP) is 3.90. The summed E-state index contributed by atoms with van der Waals surface area (Å²) in [5.41, 5.74) is 2.51. The lowest BCUT2D eigenvalue weighted by molar-refractivity contribution is 0.102. The van der Waals surface area contributed by atoms with Gasteiger partial charge in [-0.15, -0.1) is 0 Å². The molecule has 20 heavy (non-hydrogen) atoms. The van der Waals surface area contributed by atoms with Crippen LogP contribution >= 0.6 is 0 Å².